The van der Waals surface area contributed by atoms with Crippen molar-refractivity contribution in [2.24, 2.45) is 5.73 Å². The van der Waals surface area contributed by atoms with Crippen molar-refractivity contribution in [1.82, 2.24) is 29.7 Å². The van der Waals surface area contributed by atoms with Crippen molar-refractivity contribution in [1.29, 1.82) is 0 Å². The summed E-state index contributed by atoms with van der Waals surface area (Å²) in [7, 11) is 0. The van der Waals surface area contributed by atoms with E-state index in [2.05, 4.69) is 30.7 Å². The van der Waals surface area contributed by atoms with Crippen LogP contribution in [0.2, 0.25) is 0 Å². The van der Waals surface area contributed by atoms with Crippen LogP contribution in [0.3, 0.4) is 0 Å². The average molecular weight is 358 g/mol. The summed E-state index contributed by atoms with van der Waals surface area (Å²) < 4.78 is 2.10. The van der Waals surface area contributed by atoms with Gasteiger partial charge in [-0.2, -0.15) is 0 Å². The Morgan fingerprint density at radius 2 is 1.93 bits per heavy atom. The Bertz CT molecular complexity index is 1110. The van der Waals surface area contributed by atoms with Crippen molar-refractivity contribution in [3.05, 3.63) is 60.4 Å². The van der Waals surface area contributed by atoms with E-state index in [1.54, 1.807) is 12.4 Å². The molecule has 0 radical (unpaired) electrons. The molecule has 0 amide bonds. The van der Waals surface area contributed by atoms with Gasteiger partial charge in [0.15, 0.2) is 11.6 Å². The molecule has 4 heterocycles. The Balaban J connectivity index is 1.62. The lowest BCUT2D eigenvalue weighted by molar-refractivity contribution is 0.541. The molecule has 0 atom stereocenters. The largest absolute Gasteiger partial charge is 0.347 e. The Labute approximate surface area is 155 Å². The van der Waals surface area contributed by atoms with Crippen LogP contribution in [0, 0.1) is 0 Å². The van der Waals surface area contributed by atoms with E-state index in [0.29, 0.717) is 18.9 Å². The molecule has 1 aliphatic rings. The molecule has 0 bridgehead atoms. The van der Waals surface area contributed by atoms with Gasteiger partial charge in [-0.15, -0.1) is 10.2 Å². The topological polar surface area (TPSA) is 98.6 Å². The second-order valence-electron chi connectivity index (χ2n) is 6.44. The van der Waals surface area contributed by atoms with E-state index in [4.69, 9.17) is 15.7 Å². The fourth-order valence-electron chi connectivity index (χ4n) is 3.47. The van der Waals surface area contributed by atoms with Gasteiger partial charge in [0.25, 0.3) is 0 Å². The molecule has 2 N–H and O–H groups in total. The molecule has 8 nitrogen and oxygen atoms in total. The van der Waals surface area contributed by atoms with Gasteiger partial charge in [0, 0.05) is 36.4 Å². The molecule has 1 aliphatic heterocycles. The number of nitrogens with zero attached hydrogens (tertiary/aromatic N) is 7. The number of nitrogens with two attached hydrogens (primary N) is 1. The zero-order valence-electron chi connectivity index (χ0n) is 14.7. The molecule has 5 rings (SSSR count). The van der Waals surface area contributed by atoms with Gasteiger partial charge in [0.05, 0.1) is 18.6 Å². The smallest absolute Gasteiger partial charge is 0.163 e. The highest BCUT2D eigenvalue weighted by Crippen LogP contribution is 2.29. The molecule has 1 aromatic carbocycles. The third kappa shape index (κ3) is 2.70. The fourth-order valence-corrected chi connectivity index (χ4v) is 3.47. The number of rotatable bonds is 3. The number of aromatic nitrogens is 6. The first-order valence-electron chi connectivity index (χ1n) is 8.86. The molecular formula is C19H18N8. The van der Waals surface area contributed by atoms with Crippen LogP contribution in [0.1, 0.15) is 11.6 Å². The summed E-state index contributed by atoms with van der Waals surface area (Å²) in [5, 5.41) is 9.52. The zero-order valence-corrected chi connectivity index (χ0v) is 14.7. The number of pyridine rings is 1. The fraction of sp³-hybridized carbons (Fsp3) is 0.211. The highest BCUT2D eigenvalue weighted by Gasteiger charge is 2.23. The summed E-state index contributed by atoms with van der Waals surface area (Å²) >= 11 is 0. The Morgan fingerprint density at radius 3 is 2.78 bits per heavy atom. The summed E-state index contributed by atoms with van der Waals surface area (Å²) in [6.07, 6.45) is 3.53. The van der Waals surface area contributed by atoms with Crippen molar-refractivity contribution in [3.63, 3.8) is 0 Å². The van der Waals surface area contributed by atoms with Crippen LogP contribution >= 0.6 is 0 Å². The number of benzene rings is 1. The number of fused-ring (bicyclic) bond motifs is 2. The predicted octanol–water partition coefficient (Wildman–Crippen LogP) is 1.76. The van der Waals surface area contributed by atoms with Gasteiger partial charge in [-0.05, 0) is 24.3 Å². The van der Waals surface area contributed by atoms with Gasteiger partial charge in [-0.25, -0.2) is 9.97 Å². The maximum absolute atomic E-state index is 5.76. The van der Waals surface area contributed by atoms with Crippen LogP contribution in [-0.2, 0) is 19.6 Å². The lowest BCUT2D eigenvalue weighted by Crippen LogP contribution is -2.35. The highest BCUT2D eigenvalue weighted by molar-refractivity contribution is 5.91. The van der Waals surface area contributed by atoms with Gasteiger partial charge >= 0.3 is 0 Å². The Kier molecular flexibility index (Phi) is 3.75. The Morgan fingerprint density at radius 1 is 1.00 bits per heavy atom. The molecule has 134 valence electrons. The van der Waals surface area contributed by atoms with Gasteiger partial charge < -0.3 is 15.2 Å². The van der Waals surface area contributed by atoms with E-state index in [1.165, 1.54) is 0 Å². The maximum atomic E-state index is 5.76. The number of hydrogen-bond donors (Lipinski definition) is 1. The lowest BCUT2D eigenvalue weighted by Gasteiger charge is -2.29. The van der Waals surface area contributed by atoms with E-state index in [0.717, 1.165) is 47.0 Å². The van der Waals surface area contributed by atoms with Crippen LogP contribution in [0.5, 0.6) is 0 Å². The zero-order chi connectivity index (χ0) is 18.2. The third-order valence-electron chi connectivity index (χ3n) is 4.81. The standard InChI is InChI=1S/C19H18N8/c20-10-16-24-25-17-12-26(8-9-27(16)17)19-14-5-1-2-6-15(14)22-18(23-19)13-4-3-7-21-11-13/h1-7,11H,8-10,12,20H2. The summed E-state index contributed by atoms with van der Waals surface area (Å²) in [6.45, 7) is 2.63. The summed E-state index contributed by atoms with van der Waals surface area (Å²) in [5.74, 6) is 3.31. The minimum absolute atomic E-state index is 0.397. The number of hydrogen-bond acceptors (Lipinski definition) is 7. The molecule has 0 spiro atoms. The molecule has 8 heteroatoms. The van der Waals surface area contributed by atoms with Gasteiger partial charge in [0.2, 0.25) is 0 Å². The van der Waals surface area contributed by atoms with Gasteiger partial charge in [-0.1, -0.05) is 12.1 Å². The minimum atomic E-state index is 0.397. The molecule has 0 saturated carbocycles. The van der Waals surface area contributed by atoms with Crippen LogP contribution < -0.4 is 10.6 Å². The van der Waals surface area contributed by atoms with Crippen LogP contribution in [-0.4, -0.2) is 36.3 Å². The summed E-state index contributed by atoms with van der Waals surface area (Å²) in [4.78, 5) is 16.1. The first-order chi connectivity index (χ1) is 13.3. The SMILES string of the molecule is NCc1nnc2n1CCN(c1nc(-c3cccnc3)nc3ccccc13)C2. The molecule has 0 saturated heterocycles. The molecule has 0 fully saturated rings. The lowest BCUT2D eigenvalue weighted by atomic mass is 10.2. The molecule has 27 heavy (non-hydrogen) atoms. The summed E-state index contributed by atoms with van der Waals surface area (Å²) in [5.41, 5.74) is 7.57. The van der Waals surface area contributed by atoms with E-state index >= 15 is 0 Å². The number of para-hydroxylation sites is 1. The van der Waals surface area contributed by atoms with Gasteiger partial charge in [0.1, 0.15) is 11.6 Å². The monoisotopic (exact) mass is 358 g/mol. The van der Waals surface area contributed by atoms with Crippen LogP contribution in [0.25, 0.3) is 22.3 Å². The van der Waals surface area contributed by atoms with Crippen molar-refractivity contribution in [2.45, 2.75) is 19.6 Å². The highest BCUT2D eigenvalue weighted by atomic mass is 15.4. The normalized spacial score (nSPS) is 13.7. The van der Waals surface area contributed by atoms with Crippen molar-refractivity contribution in [2.75, 3.05) is 11.4 Å². The third-order valence-corrected chi connectivity index (χ3v) is 4.81. The predicted molar refractivity (Wildman–Crippen MR) is 102 cm³/mol. The van der Waals surface area contributed by atoms with Crippen LogP contribution in [0.4, 0.5) is 5.82 Å². The number of anilines is 1. The second-order valence-corrected chi connectivity index (χ2v) is 6.44. The first-order valence-corrected chi connectivity index (χ1v) is 8.86. The van der Waals surface area contributed by atoms with Crippen molar-refractivity contribution < 1.29 is 0 Å². The first kappa shape index (κ1) is 15.8. The minimum Gasteiger partial charge on any atom is -0.347 e. The molecule has 4 aromatic rings. The molecule has 0 unspecified atom stereocenters. The molecule has 3 aromatic heterocycles. The van der Waals surface area contributed by atoms with Gasteiger partial charge in [-0.3, -0.25) is 4.98 Å². The maximum Gasteiger partial charge on any atom is 0.163 e. The van der Waals surface area contributed by atoms with E-state index in [9.17, 15) is 0 Å². The van der Waals surface area contributed by atoms with E-state index in [1.807, 2.05) is 30.3 Å². The van der Waals surface area contributed by atoms with E-state index in [-0.39, 0.29) is 0 Å². The molecular weight excluding hydrogens is 340 g/mol. The van der Waals surface area contributed by atoms with E-state index < -0.39 is 0 Å². The van der Waals surface area contributed by atoms with Crippen LogP contribution in [0.15, 0.2) is 48.8 Å². The Hall–Kier alpha value is -3.39. The average Bonchev–Trinajstić information content (AvgIpc) is 3.16. The summed E-state index contributed by atoms with van der Waals surface area (Å²) in [6, 6.07) is 11.9. The quantitative estimate of drug-likeness (QED) is 0.596. The molecule has 0 aliphatic carbocycles. The van der Waals surface area contributed by atoms with Crippen molar-refractivity contribution in [3.8, 4) is 11.4 Å². The second kappa shape index (κ2) is 6.40. The van der Waals surface area contributed by atoms with Crippen molar-refractivity contribution >= 4 is 16.7 Å².